The molecule has 33 heavy (non-hydrogen) atoms. The molecule has 4 rings (SSSR count). The van der Waals surface area contributed by atoms with E-state index >= 15 is 4.39 Å². The summed E-state index contributed by atoms with van der Waals surface area (Å²) in [5, 5.41) is 0. The van der Waals surface area contributed by atoms with E-state index < -0.39 is 5.82 Å². The van der Waals surface area contributed by atoms with E-state index in [9.17, 15) is 4.39 Å². The van der Waals surface area contributed by atoms with Gasteiger partial charge >= 0.3 is 0 Å². The molecule has 2 aliphatic carbocycles. The quantitative estimate of drug-likeness (QED) is 0.343. The molecule has 0 heterocycles. The number of benzene rings is 2. The molecule has 3 heteroatoms. The molecule has 0 aliphatic heterocycles. The van der Waals surface area contributed by atoms with E-state index in [1.807, 2.05) is 6.07 Å². The predicted octanol–water partition coefficient (Wildman–Crippen LogP) is 9.30. The van der Waals surface area contributed by atoms with Crippen molar-refractivity contribution in [3.8, 4) is 16.9 Å². The molecule has 0 amide bonds. The van der Waals surface area contributed by atoms with Crippen LogP contribution in [0.3, 0.4) is 0 Å². The molecule has 0 saturated heterocycles. The Morgan fingerprint density at radius 2 is 1.61 bits per heavy atom. The number of ether oxygens (including phenoxy) is 1. The maximum Gasteiger partial charge on any atom is 0.165 e. The van der Waals surface area contributed by atoms with E-state index in [1.165, 1.54) is 90.2 Å². The molecule has 2 fully saturated rings. The highest BCUT2D eigenvalue weighted by Crippen LogP contribution is 2.48. The lowest BCUT2D eigenvalue weighted by atomic mass is 9.63. The van der Waals surface area contributed by atoms with E-state index in [1.54, 1.807) is 18.2 Å². The van der Waals surface area contributed by atoms with Crippen LogP contribution in [0.1, 0.15) is 95.5 Å². The number of hydrogen-bond acceptors (Lipinski definition) is 1. The smallest absolute Gasteiger partial charge is 0.165 e. The minimum Gasteiger partial charge on any atom is -0.494 e. The van der Waals surface area contributed by atoms with Crippen LogP contribution in [-0.4, -0.2) is 7.11 Å². The monoisotopic (exact) mass is 454 g/mol. The first kappa shape index (κ1) is 24.2. The number of hydrogen-bond donors (Lipinski definition) is 0. The number of fused-ring (bicyclic) bond motifs is 1. The summed E-state index contributed by atoms with van der Waals surface area (Å²) in [7, 11) is 1.43. The van der Waals surface area contributed by atoms with Crippen LogP contribution >= 0.6 is 0 Å². The van der Waals surface area contributed by atoms with Crippen LogP contribution in [0.5, 0.6) is 5.75 Å². The molecule has 4 unspecified atom stereocenters. The van der Waals surface area contributed by atoms with E-state index in [4.69, 9.17) is 4.74 Å². The highest BCUT2D eigenvalue weighted by atomic mass is 19.1. The van der Waals surface area contributed by atoms with Gasteiger partial charge in [-0.1, -0.05) is 70.1 Å². The molecule has 0 bridgehead atoms. The summed E-state index contributed by atoms with van der Waals surface area (Å²) in [6.07, 6.45) is 16.2. The zero-order chi connectivity index (χ0) is 23.2. The van der Waals surface area contributed by atoms with Gasteiger partial charge < -0.3 is 4.74 Å². The minimum absolute atomic E-state index is 0.179. The number of halogens is 2. The summed E-state index contributed by atoms with van der Waals surface area (Å²) >= 11 is 0. The molecular weight excluding hydrogens is 414 g/mol. The maximum atomic E-state index is 15.0. The lowest BCUT2D eigenvalue weighted by Gasteiger charge is -2.42. The third-order valence-corrected chi connectivity index (χ3v) is 8.36. The standard InChI is InChI=1S/C30H40F2O/c1-3-4-5-6-7-8-21-9-10-23-18-24(12-11-22(23)17-21)25-13-15-27(28(31)19-25)26-14-16-30(33-2)29(32)20-26/h13-16,19-24H,3-12,17-18H2,1-2H3. The van der Waals surface area contributed by atoms with Crippen molar-refractivity contribution in [3.05, 3.63) is 53.6 Å². The Bertz CT molecular complexity index is 908. The van der Waals surface area contributed by atoms with Crippen LogP contribution in [-0.2, 0) is 0 Å². The normalized spacial score (nSPS) is 25.0. The topological polar surface area (TPSA) is 9.23 Å². The van der Waals surface area contributed by atoms with Crippen LogP contribution in [0.2, 0.25) is 0 Å². The second kappa shape index (κ2) is 11.5. The molecule has 2 aromatic rings. The van der Waals surface area contributed by atoms with Crippen LogP contribution in [0, 0.1) is 29.4 Å². The molecule has 2 aliphatic rings. The molecule has 1 nitrogen and oxygen atoms in total. The molecule has 0 radical (unpaired) electrons. The van der Waals surface area contributed by atoms with E-state index in [0.717, 1.165) is 23.3 Å². The summed E-state index contributed by atoms with van der Waals surface area (Å²) in [5.41, 5.74) is 2.12. The molecule has 0 aromatic heterocycles. The molecule has 180 valence electrons. The van der Waals surface area contributed by atoms with Crippen molar-refractivity contribution in [2.75, 3.05) is 7.11 Å². The van der Waals surface area contributed by atoms with Gasteiger partial charge in [-0.15, -0.1) is 0 Å². The Morgan fingerprint density at radius 1 is 0.818 bits per heavy atom. The third-order valence-electron chi connectivity index (χ3n) is 8.36. The molecule has 0 N–H and O–H groups in total. The van der Waals surface area contributed by atoms with Gasteiger partial charge in [-0.25, -0.2) is 8.78 Å². The molecule has 4 atom stereocenters. The largest absolute Gasteiger partial charge is 0.494 e. The molecule has 0 spiro atoms. The molecule has 2 aromatic carbocycles. The van der Waals surface area contributed by atoms with Gasteiger partial charge in [0.25, 0.3) is 0 Å². The van der Waals surface area contributed by atoms with Gasteiger partial charge in [-0.3, -0.25) is 0 Å². The van der Waals surface area contributed by atoms with Crippen LogP contribution in [0.15, 0.2) is 36.4 Å². The van der Waals surface area contributed by atoms with Crippen molar-refractivity contribution in [1.29, 1.82) is 0 Å². The summed E-state index contributed by atoms with van der Waals surface area (Å²) in [6.45, 7) is 2.28. The van der Waals surface area contributed by atoms with Gasteiger partial charge in [0.15, 0.2) is 11.6 Å². The Balaban J connectivity index is 1.33. The number of rotatable bonds is 9. The first-order valence-electron chi connectivity index (χ1n) is 13.2. The zero-order valence-electron chi connectivity index (χ0n) is 20.4. The predicted molar refractivity (Wildman–Crippen MR) is 133 cm³/mol. The van der Waals surface area contributed by atoms with Crippen molar-refractivity contribution in [2.24, 2.45) is 17.8 Å². The Morgan fingerprint density at radius 3 is 2.36 bits per heavy atom. The highest BCUT2D eigenvalue weighted by Gasteiger charge is 2.35. The average Bonchev–Trinajstić information content (AvgIpc) is 2.83. The highest BCUT2D eigenvalue weighted by molar-refractivity contribution is 5.65. The first-order chi connectivity index (χ1) is 16.1. The molecule has 2 saturated carbocycles. The maximum absolute atomic E-state index is 15.0. The fourth-order valence-corrected chi connectivity index (χ4v) is 6.44. The van der Waals surface area contributed by atoms with Crippen LogP contribution in [0.4, 0.5) is 8.78 Å². The number of unbranched alkanes of at least 4 members (excludes halogenated alkanes) is 4. The first-order valence-corrected chi connectivity index (χ1v) is 13.2. The second-order valence-corrected chi connectivity index (χ2v) is 10.5. The van der Waals surface area contributed by atoms with Gasteiger partial charge in [-0.05, 0) is 85.1 Å². The summed E-state index contributed by atoms with van der Waals surface area (Å²) in [5.74, 6) is 2.53. The van der Waals surface area contributed by atoms with Crippen LogP contribution < -0.4 is 4.74 Å². The summed E-state index contributed by atoms with van der Waals surface area (Å²) in [4.78, 5) is 0. The van der Waals surface area contributed by atoms with Crippen molar-refractivity contribution >= 4 is 0 Å². The lowest BCUT2D eigenvalue weighted by Crippen LogP contribution is -2.30. The lowest BCUT2D eigenvalue weighted by molar-refractivity contribution is 0.113. The van der Waals surface area contributed by atoms with Crippen molar-refractivity contribution in [2.45, 2.75) is 89.9 Å². The average molecular weight is 455 g/mol. The summed E-state index contributed by atoms with van der Waals surface area (Å²) in [6, 6.07) is 10.2. The van der Waals surface area contributed by atoms with Crippen LogP contribution in [0.25, 0.3) is 11.1 Å². The zero-order valence-corrected chi connectivity index (χ0v) is 20.4. The Kier molecular flexibility index (Phi) is 8.44. The second-order valence-electron chi connectivity index (χ2n) is 10.5. The van der Waals surface area contributed by atoms with Gasteiger partial charge in [0, 0.05) is 5.56 Å². The van der Waals surface area contributed by atoms with Gasteiger partial charge in [0.1, 0.15) is 5.82 Å². The molecular formula is C30H40F2O. The summed E-state index contributed by atoms with van der Waals surface area (Å²) < 4.78 is 34.1. The van der Waals surface area contributed by atoms with Gasteiger partial charge in [0.05, 0.1) is 7.11 Å². The minimum atomic E-state index is -0.464. The van der Waals surface area contributed by atoms with E-state index in [2.05, 4.69) is 13.0 Å². The van der Waals surface area contributed by atoms with Gasteiger partial charge in [0.2, 0.25) is 0 Å². The van der Waals surface area contributed by atoms with E-state index in [-0.39, 0.29) is 11.6 Å². The Hall–Kier alpha value is -1.90. The third kappa shape index (κ3) is 5.97. The van der Waals surface area contributed by atoms with Gasteiger partial charge in [-0.2, -0.15) is 0 Å². The fraction of sp³-hybridized carbons (Fsp3) is 0.600. The van der Waals surface area contributed by atoms with E-state index in [0.29, 0.717) is 17.0 Å². The van der Waals surface area contributed by atoms with Crippen molar-refractivity contribution in [1.82, 2.24) is 0 Å². The van der Waals surface area contributed by atoms with Crippen molar-refractivity contribution in [3.63, 3.8) is 0 Å². The van der Waals surface area contributed by atoms with Crippen molar-refractivity contribution < 1.29 is 13.5 Å². The Labute approximate surface area is 198 Å². The number of methoxy groups -OCH3 is 1. The fourth-order valence-electron chi connectivity index (χ4n) is 6.44. The SMILES string of the molecule is CCCCCCCC1CCC2CC(c3ccc(-c4ccc(OC)c(F)c4)c(F)c3)CCC2C1.